The van der Waals surface area contributed by atoms with E-state index in [0.29, 0.717) is 17.9 Å². The van der Waals surface area contributed by atoms with E-state index in [4.69, 9.17) is 0 Å². The molecular formula is C14H26NO2S-. The predicted octanol–water partition coefficient (Wildman–Crippen LogP) is 2.76. The molecule has 0 saturated heterocycles. The summed E-state index contributed by atoms with van der Waals surface area (Å²) in [6.07, 6.45) is 6.38. The van der Waals surface area contributed by atoms with Crippen molar-refractivity contribution in [2.75, 3.05) is 6.54 Å². The Balaban J connectivity index is 2.40. The second-order valence-corrected chi connectivity index (χ2v) is 7.67. The van der Waals surface area contributed by atoms with Crippen molar-refractivity contribution in [2.45, 2.75) is 64.7 Å². The summed E-state index contributed by atoms with van der Waals surface area (Å²) >= 11 is -1.94. The molecule has 0 aromatic carbocycles. The molecule has 3 atom stereocenters. The van der Waals surface area contributed by atoms with Gasteiger partial charge in [-0.15, -0.1) is 0 Å². The van der Waals surface area contributed by atoms with Gasteiger partial charge in [-0.05, 0) is 44.6 Å². The second-order valence-electron chi connectivity index (χ2n) is 6.34. The molecule has 1 rings (SSSR count). The van der Waals surface area contributed by atoms with Crippen molar-refractivity contribution in [1.82, 2.24) is 5.32 Å². The molecule has 18 heavy (non-hydrogen) atoms. The molecule has 106 valence electrons. The number of hydrogen-bond donors (Lipinski definition) is 1. The van der Waals surface area contributed by atoms with Crippen LogP contribution in [0.5, 0.6) is 0 Å². The molecule has 0 aliphatic heterocycles. The minimum Gasteiger partial charge on any atom is -0.772 e. The van der Waals surface area contributed by atoms with Gasteiger partial charge in [0.25, 0.3) is 0 Å². The highest BCUT2D eigenvalue weighted by atomic mass is 32.2. The van der Waals surface area contributed by atoms with E-state index in [1.165, 1.54) is 5.57 Å². The zero-order valence-corrected chi connectivity index (χ0v) is 12.8. The van der Waals surface area contributed by atoms with E-state index in [9.17, 15) is 8.76 Å². The summed E-state index contributed by atoms with van der Waals surface area (Å²) in [5.74, 6) is 0. The number of hydrogen-bond acceptors (Lipinski definition) is 3. The van der Waals surface area contributed by atoms with E-state index < -0.39 is 11.1 Å². The van der Waals surface area contributed by atoms with Gasteiger partial charge >= 0.3 is 0 Å². The third-order valence-corrected chi connectivity index (χ3v) is 4.51. The van der Waals surface area contributed by atoms with Crippen LogP contribution in [0.4, 0.5) is 0 Å². The normalized spacial score (nSPS) is 27.2. The summed E-state index contributed by atoms with van der Waals surface area (Å²) in [6.45, 7) is 9.35. The Hall–Kier alpha value is -0.190. The first-order valence-corrected chi connectivity index (χ1v) is 7.91. The maximum Gasteiger partial charge on any atom is 0.0199 e. The fourth-order valence-electron chi connectivity index (χ4n) is 2.74. The molecule has 1 N–H and O–H groups in total. The quantitative estimate of drug-likeness (QED) is 0.618. The van der Waals surface area contributed by atoms with Crippen LogP contribution in [0.3, 0.4) is 0 Å². The third kappa shape index (κ3) is 5.63. The van der Waals surface area contributed by atoms with Crippen molar-refractivity contribution < 1.29 is 8.76 Å². The Morgan fingerprint density at radius 2 is 2.28 bits per heavy atom. The van der Waals surface area contributed by atoms with Crippen LogP contribution >= 0.6 is 0 Å². The topological polar surface area (TPSA) is 52.2 Å². The summed E-state index contributed by atoms with van der Waals surface area (Å²) in [5, 5.41) is 3.25. The van der Waals surface area contributed by atoms with E-state index >= 15 is 0 Å². The molecule has 0 radical (unpaired) electrons. The highest BCUT2D eigenvalue weighted by Gasteiger charge is 2.25. The van der Waals surface area contributed by atoms with Gasteiger partial charge in [-0.1, -0.05) is 43.5 Å². The summed E-state index contributed by atoms with van der Waals surface area (Å²) in [6, 6.07) is 0.477. The van der Waals surface area contributed by atoms with E-state index in [-0.39, 0.29) is 5.25 Å². The van der Waals surface area contributed by atoms with Crippen LogP contribution in [0.25, 0.3) is 0 Å². The second kappa shape index (κ2) is 6.83. The smallest absolute Gasteiger partial charge is 0.0199 e. The van der Waals surface area contributed by atoms with Gasteiger partial charge in [-0.25, -0.2) is 0 Å². The van der Waals surface area contributed by atoms with Crippen LogP contribution in [0.15, 0.2) is 11.6 Å². The third-order valence-electron chi connectivity index (χ3n) is 3.62. The van der Waals surface area contributed by atoms with Crippen LogP contribution in [0.2, 0.25) is 0 Å². The molecule has 0 aromatic rings. The standard InChI is InChI=1S/C14H27NO2S/c1-11-5-6-13(10-14(3,4)9-11)15-8-7-12(2)18(16)17/h5,12-13,15H,6-10H2,1-4H3,(H,16,17)/p-1. The zero-order valence-electron chi connectivity index (χ0n) is 12.0. The summed E-state index contributed by atoms with van der Waals surface area (Å²) < 4.78 is 21.5. The first kappa shape index (κ1) is 15.9. The molecule has 0 bridgehead atoms. The van der Waals surface area contributed by atoms with Crippen LogP contribution in [0.1, 0.15) is 53.4 Å². The Morgan fingerprint density at radius 3 is 2.89 bits per heavy atom. The lowest BCUT2D eigenvalue weighted by Gasteiger charge is -2.28. The molecule has 1 aliphatic carbocycles. The Kier molecular flexibility index (Phi) is 6.02. The molecule has 0 amide bonds. The molecule has 3 unspecified atom stereocenters. The van der Waals surface area contributed by atoms with Gasteiger partial charge in [0.1, 0.15) is 0 Å². The van der Waals surface area contributed by atoms with E-state index in [1.807, 2.05) is 0 Å². The predicted molar refractivity (Wildman–Crippen MR) is 76.2 cm³/mol. The van der Waals surface area contributed by atoms with Crippen LogP contribution in [-0.2, 0) is 11.1 Å². The summed E-state index contributed by atoms with van der Waals surface area (Å²) in [7, 11) is 0. The lowest BCUT2D eigenvalue weighted by atomic mass is 9.82. The Morgan fingerprint density at radius 1 is 1.61 bits per heavy atom. The molecule has 0 aromatic heterocycles. The minimum absolute atomic E-state index is 0.256. The molecule has 0 fully saturated rings. The van der Waals surface area contributed by atoms with Gasteiger partial charge in [0, 0.05) is 11.3 Å². The molecule has 3 nitrogen and oxygen atoms in total. The lowest BCUT2D eigenvalue weighted by molar-refractivity contribution is 0.286. The van der Waals surface area contributed by atoms with Crippen molar-refractivity contribution in [3.05, 3.63) is 11.6 Å². The summed E-state index contributed by atoms with van der Waals surface area (Å²) in [4.78, 5) is 0. The molecule has 0 spiro atoms. The van der Waals surface area contributed by atoms with Crippen molar-refractivity contribution in [1.29, 1.82) is 0 Å². The van der Waals surface area contributed by atoms with E-state index in [2.05, 4.69) is 32.2 Å². The van der Waals surface area contributed by atoms with Crippen LogP contribution < -0.4 is 5.32 Å². The Bertz CT molecular complexity index is 326. The van der Waals surface area contributed by atoms with Crippen molar-refractivity contribution in [3.8, 4) is 0 Å². The van der Waals surface area contributed by atoms with Gasteiger partial charge in [0.05, 0.1) is 0 Å². The first-order chi connectivity index (χ1) is 8.30. The lowest BCUT2D eigenvalue weighted by Crippen LogP contribution is -2.34. The van der Waals surface area contributed by atoms with Gasteiger partial charge in [-0.3, -0.25) is 4.21 Å². The fraction of sp³-hybridized carbons (Fsp3) is 0.857. The van der Waals surface area contributed by atoms with Crippen molar-refractivity contribution in [2.24, 2.45) is 5.41 Å². The van der Waals surface area contributed by atoms with E-state index in [1.54, 1.807) is 6.92 Å². The average molecular weight is 272 g/mol. The van der Waals surface area contributed by atoms with Crippen molar-refractivity contribution >= 4 is 11.1 Å². The number of rotatable bonds is 5. The van der Waals surface area contributed by atoms with Crippen LogP contribution in [-0.4, -0.2) is 26.6 Å². The molecule has 0 saturated carbocycles. The average Bonchev–Trinajstić information content (AvgIpc) is 2.36. The molecule has 4 heteroatoms. The van der Waals surface area contributed by atoms with Gasteiger partial charge < -0.3 is 9.87 Å². The van der Waals surface area contributed by atoms with Crippen molar-refractivity contribution in [3.63, 3.8) is 0 Å². The number of nitrogens with one attached hydrogen (secondary N) is 1. The van der Waals surface area contributed by atoms with Gasteiger partial charge in [0.15, 0.2) is 0 Å². The highest BCUT2D eigenvalue weighted by molar-refractivity contribution is 7.79. The molecular weight excluding hydrogens is 246 g/mol. The Labute approximate surface area is 114 Å². The maximum absolute atomic E-state index is 10.7. The minimum atomic E-state index is -1.94. The molecule has 0 heterocycles. The highest BCUT2D eigenvalue weighted by Crippen LogP contribution is 2.34. The fourth-order valence-corrected chi connectivity index (χ4v) is 3.05. The number of allylic oxidation sites excluding steroid dienone is 1. The zero-order chi connectivity index (χ0) is 13.8. The molecule has 1 aliphatic rings. The van der Waals surface area contributed by atoms with Gasteiger partial charge in [0.2, 0.25) is 0 Å². The first-order valence-electron chi connectivity index (χ1n) is 6.77. The van der Waals surface area contributed by atoms with Gasteiger partial charge in [-0.2, -0.15) is 0 Å². The van der Waals surface area contributed by atoms with Crippen LogP contribution in [0, 0.1) is 5.41 Å². The largest absolute Gasteiger partial charge is 0.772 e. The SMILES string of the molecule is CC1=CCC(NCCC(C)S(=O)[O-])CC(C)(C)C1. The maximum atomic E-state index is 10.7. The monoisotopic (exact) mass is 272 g/mol. The van der Waals surface area contributed by atoms with E-state index in [0.717, 1.165) is 25.8 Å². The summed E-state index contributed by atoms with van der Waals surface area (Å²) in [5.41, 5.74) is 1.81.